The van der Waals surface area contributed by atoms with Crippen molar-refractivity contribution >= 4 is 17.3 Å². The highest BCUT2D eigenvalue weighted by Gasteiger charge is 2.14. The Morgan fingerprint density at radius 2 is 2.11 bits per heavy atom. The normalized spacial score (nSPS) is 14.3. The second kappa shape index (κ2) is 5.22. The summed E-state index contributed by atoms with van der Waals surface area (Å²) in [6.45, 7) is 1.15. The van der Waals surface area contributed by atoms with Crippen molar-refractivity contribution in [1.82, 2.24) is 4.98 Å². The third-order valence-electron chi connectivity index (χ3n) is 3.71. The molecule has 2 aromatic rings. The summed E-state index contributed by atoms with van der Waals surface area (Å²) in [7, 11) is 2.16. The highest BCUT2D eigenvalue weighted by Crippen LogP contribution is 2.30. The molecule has 0 unspecified atom stereocenters. The van der Waals surface area contributed by atoms with Crippen LogP contribution in [-0.4, -0.2) is 18.6 Å². The van der Waals surface area contributed by atoms with Crippen LogP contribution in [0.15, 0.2) is 36.7 Å². The second-order valence-corrected chi connectivity index (χ2v) is 5.35. The van der Waals surface area contributed by atoms with E-state index in [0.29, 0.717) is 5.88 Å². The number of alkyl halides is 1. The third-order valence-corrected chi connectivity index (χ3v) is 4.02. The summed E-state index contributed by atoms with van der Waals surface area (Å²) < 4.78 is 0. The lowest BCUT2D eigenvalue weighted by atomic mass is 9.97. The van der Waals surface area contributed by atoms with Gasteiger partial charge in [0.25, 0.3) is 0 Å². The van der Waals surface area contributed by atoms with Gasteiger partial charge < -0.3 is 4.90 Å². The molecule has 2 heterocycles. The van der Waals surface area contributed by atoms with Crippen molar-refractivity contribution in [3.8, 4) is 11.1 Å². The van der Waals surface area contributed by atoms with Crippen LogP contribution >= 0.6 is 11.6 Å². The predicted octanol–water partition coefficient (Wildman–Crippen LogP) is 3.87. The van der Waals surface area contributed by atoms with Crippen LogP contribution in [0.4, 0.5) is 5.69 Å². The van der Waals surface area contributed by atoms with Gasteiger partial charge in [0, 0.05) is 43.1 Å². The molecule has 1 aromatic heterocycles. The zero-order valence-electron chi connectivity index (χ0n) is 11.1. The van der Waals surface area contributed by atoms with Gasteiger partial charge in [0.2, 0.25) is 0 Å². The fraction of sp³-hybridized carbons (Fsp3) is 0.312. The van der Waals surface area contributed by atoms with Crippen LogP contribution in [-0.2, 0) is 12.3 Å². The van der Waals surface area contributed by atoms with Crippen molar-refractivity contribution in [2.45, 2.75) is 18.7 Å². The quantitative estimate of drug-likeness (QED) is 0.772. The first-order valence-corrected chi connectivity index (χ1v) is 7.16. The lowest BCUT2D eigenvalue weighted by molar-refractivity contribution is 0.745. The smallest absolute Gasteiger partial charge is 0.0489 e. The van der Waals surface area contributed by atoms with E-state index < -0.39 is 0 Å². The molecule has 19 heavy (non-hydrogen) atoms. The van der Waals surface area contributed by atoms with Gasteiger partial charge in [0.1, 0.15) is 0 Å². The van der Waals surface area contributed by atoms with Gasteiger partial charge in [-0.25, -0.2) is 0 Å². The van der Waals surface area contributed by atoms with Crippen LogP contribution in [0.3, 0.4) is 0 Å². The van der Waals surface area contributed by atoms with E-state index in [9.17, 15) is 0 Å². The maximum absolute atomic E-state index is 5.87. The Labute approximate surface area is 119 Å². The Hall–Kier alpha value is -1.54. The summed E-state index contributed by atoms with van der Waals surface area (Å²) in [6.07, 6.45) is 6.12. The SMILES string of the molecule is CN1CCCc2cc(-c3cncc(CCl)c3)ccc21. The molecule has 0 N–H and O–H groups in total. The minimum absolute atomic E-state index is 0.508. The molecule has 0 amide bonds. The summed E-state index contributed by atoms with van der Waals surface area (Å²) in [6, 6.07) is 8.81. The van der Waals surface area contributed by atoms with Crippen molar-refractivity contribution in [1.29, 1.82) is 0 Å². The molecule has 1 aliphatic rings. The van der Waals surface area contributed by atoms with Crippen LogP contribution in [0.5, 0.6) is 0 Å². The number of hydrogen-bond acceptors (Lipinski definition) is 2. The minimum Gasteiger partial charge on any atom is -0.374 e. The first kappa shape index (κ1) is 12.5. The van der Waals surface area contributed by atoms with Crippen molar-refractivity contribution in [2.75, 3.05) is 18.5 Å². The number of pyridine rings is 1. The number of benzene rings is 1. The number of aryl methyl sites for hydroxylation is 1. The number of anilines is 1. The summed E-state index contributed by atoms with van der Waals surface area (Å²) in [4.78, 5) is 6.59. The van der Waals surface area contributed by atoms with E-state index in [4.69, 9.17) is 11.6 Å². The Morgan fingerprint density at radius 1 is 1.21 bits per heavy atom. The number of aromatic nitrogens is 1. The van der Waals surface area contributed by atoms with Gasteiger partial charge in [-0.3, -0.25) is 4.98 Å². The number of rotatable bonds is 2. The van der Waals surface area contributed by atoms with Crippen LogP contribution in [0.1, 0.15) is 17.5 Å². The average Bonchev–Trinajstić information content (AvgIpc) is 2.47. The number of fused-ring (bicyclic) bond motifs is 1. The van der Waals surface area contributed by atoms with Gasteiger partial charge in [-0.15, -0.1) is 11.6 Å². The summed E-state index contributed by atoms with van der Waals surface area (Å²) in [5.74, 6) is 0.508. The summed E-state index contributed by atoms with van der Waals surface area (Å²) in [5, 5.41) is 0. The van der Waals surface area contributed by atoms with Gasteiger partial charge in [0.05, 0.1) is 0 Å². The first-order valence-electron chi connectivity index (χ1n) is 6.62. The number of nitrogens with zero attached hydrogens (tertiary/aromatic N) is 2. The topological polar surface area (TPSA) is 16.1 Å². The van der Waals surface area contributed by atoms with Gasteiger partial charge in [-0.2, -0.15) is 0 Å². The molecule has 3 rings (SSSR count). The molecule has 1 aromatic carbocycles. The molecule has 3 heteroatoms. The maximum atomic E-state index is 5.87. The standard InChI is InChI=1S/C16H17ClN2/c1-19-6-2-3-14-8-13(4-5-16(14)19)15-7-12(9-17)10-18-11-15/h4-5,7-8,10-11H,2-3,6,9H2,1H3. The van der Waals surface area contributed by atoms with Crippen LogP contribution in [0.2, 0.25) is 0 Å². The predicted molar refractivity (Wildman–Crippen MR) is 80.8 cm³/mol. The van der Waals surface area contributed by atoms with Crippen molar-refractivity contribution in [3.63, 3.8) is 0 Å². The van der Waals surface area contributed by atoms with E-state index >= 15 is 0 Å². The number of hydrogen-bond donors (Lipinski definition) is 0. The molecule has 1 aliphatic heterocycles. The Bertz CT molecular complexity index is 595. The van der Waals surface area contributed by atoms with Crippen LogP contribution in [0.25, 0.3) is 11.1 Å². The highest BCUT2D eigenvalue weighted by atomic mass is 35.5. The van der Waals surface area contributed by atoms with E-state index in [1.807, 2.05) is 12.4 Å². The molecule has 0 saturated heterocycles. The van der Waals surface area contributed by atoms with E-state index in [-0.39, 0.29) is 0 Å². The van der Waals surface area contributed by atoms with E-state index in [2.05, 4.69) is 41.2 Å². The van der Waals surface area contributed by atoms with Gasteiger partial charge >= 0.3 is 0 Å². The molecule has 2 nitrogen and oxygen atoms in total. The molecule has 0 fully saturated rings. The van der Waals surface area contributed by atoms with Crippen molar-refractivity contribution < 1.29 is 0 Å². The molecule has 0 saturated carbocycles. The van der Waals surface area contributed by atoms with E-state index in [1.165, 1.54) is 23.2 Å². The second-order valence-electron chi connectivity index (χ2n) is 5.08. The third kappa shape index (κ3) is 2.45. The summed E-state index contributed by atoms with van der Waals surface area (Å²) in [5.41, 5.74) is 6.23. The maximum Gasteiger partial charge on any atom is 0.0489 e. The zero-order valence-corrected chi connectivity index (χ0v) is 11.8. The Balaban J connectivity index is 2.01. The van der Waals surface area contributed by atoms with E-state index in [1.54, 1.807) is 0 Å². The molecule has 0 spiro atoms. The highest BCUT2D eigenvalue weighted by molar-refractivity contribution is 6.17. The molecule has 0 aliphatic carbocycles. The Morgan fingerprint density at radius 3 is 2.95 bits per heavy atom. The molecular formula is C16H17ClN2. The first-order chi connectivity index (χ1) is 9.28. The van der Waals surface area contributed by atoms with Gasteiger partial charge in [0.15, 0.2) is 0 Å². The lowest BCUT2D eigenvalue weighted by Gasteiger charge is -2.27. The fourth-order valence-corrected chi connectivity index (χ4v) is 2.83. The fourth-order valence-electron chi connectivity index (χ4n) is 2.68. The molecule has 0 atom stereocenters. The van der Waals surface area contributed by atoms with Crippen LogP contribution in [0, 0.1) is 0 Å². The Kier molecular flexibility index (Phi) is 3.43. The average molecular weight is 273 g/mol. The monoisotopic (exact) mass is 272 g/mol. The summed E-state index contributed by atoms with van der Waals surface area (Å²) >= 11 is 5.87. The molecule has 98 valence electrons. The largest absolute Gasteiger partial charge is 0.374 e. The van der Waals surface area contributed by atoms with Crippen LogP contribution < -0.4 is 4.90 Å². The van der Waals surface area contributed by atoms with Gasteiger partial charge in [-0.1, -0.05) is 6.07 Å². The van der Waals surface area contributed by atoms with Crippen molar-refractivity contribution in [3.05, 3.63) is 47.8 Å². The van der Waals surface area contributed by atoms with E-state index in [0.717, 1.165) is 24.1 Å². The molecule has 0 radical (unpaired) electrons. The molecular weight excluding hydrogens is 256 g/mol. The van der Waals surface area contributed by atoms with Crippen molar-refractivity contribution in [2.24, 2.45) is 0 Å². The lowest BCUT2D eigenvalue weighted by Crippen LogP contribution is -2.24. The zero-order chi connectivity index (χ0) is 13.2. The minimum atomic E-state index is 0.508. The number of halogens is 1. The van der Waals surface area contributed by atoms with Gasteiger partial charge in [-0.05, 0) is 47.7 Å². The molecule has 0 bridgehead atoms.